The van der Waals surface area contributed by atoms with Gasteiger partial charge in [0, 0.05) is 28.9 Å². The Morgan fingerprint density at radius 1 is 0.971 bits per heavy atom. The summed E-state index contributed by atoms with van der Waals surface area (Å²) in [4.78, 5) is 59.4. The van der Waals surface area contributed by atoms with Crippen molar-refractivity contribution in [1.82, 2.24) is 19.4 Å². The Balaban J connectivity index is 1.78. The molecule has 11 heteroatoms. The van der Waals surface area contributed by atoms with Crippen molar-refractivity contribution in [2.75, 3.05) is 0 Å². The SMILES string of the molecule is O=C(O)c1cc2c(=O)c3nc(Cc4c[nH]c5ccccc45)n4c(C(=O)O)cc(C(=O)O)c(c2[nH]1)c34. The van der Waals surface area contributed by atoms with E-state index in [0.29, 0.717) is 0 Å². The van der Waals surface area contributed by atoms with Crippen molar-refractivity contribution in [3.05, 3.63) is 81.2 Å². The number of para-hydroxylation sites is 1. The lowest BCUT2D eigenvalue weighted by Gasteiger charge is -2.11. The molecule has 6 aromatic rings. The largest absolute Gasteiger partial charge is 0.478 e. The number of fused-ring (bicyclic) bond motifs is 3. The van der Waals surface area contributed by atoms with Crippen molar-refractivity contribution >= 4 is 56.1 Å². The number of imidazole rings is 1. The Kier molecular flexibility index (Phi) is 4.03. The number of nitrogens with zero attached hydrogens (tertiary/aromatic N) is 2. The van der Waals surface area contributed by atoms with Gasteiger partial charge in [0.05, 0.1) is 22.0 Å². The molecule has 0 unspecified atom stereocenters. The van der Waals surface area contributed by atoms with E-state index in [2.05, 4.69) is 15.0 Å². The highest BCUT2D eigenvalue weighted by atomic mass is 16.4. The molecule has 4 heterocycles. The molecule has 0 amide bonds. The number of benzene rings is 2. The van der Waals surface area contributed by atoms with Crippen LogP contribution in [0.1, 0.15) is 42.7 Å². The maximum absolute atomic E-state index is 13.3. The fourth-order valence-corrected chi connectivity index (χ4v) is 4.74. The standard InChI is InChI=1S/C24H14N4O7/c29-21-12-6-14(23(32)33)26-18(12)17-11(22(30)31)7-15(24(34)35)28-16(27-19(21)20(17)28)5-9-8-25-13-4-2-1-3-10(9)13/h1-4,6-8,25-26H,5H2,(H,30,31)(H,32,33)(H,34,35). The van der Waals surface area contributed by atoms with E-state index < -0.39 is 23.3 Å². The third-order valence-electron chi connectivity index (χ3n) is 6.21. The van der Waals surface area contributed by atoms with Gasteiger partial charge in [0.2, 0.25) is 5.43 Å². The Labute approximate surface area is 193 Å². The third kappa shape index (κ3) is 2.75. The van der Waals surface area contributed by atoms with Crippen LogP contribution in [0.15, 0.2) is 47.4 Å². The first-order chi connectivity index (χ1) is 16.8. The Bertz CT molecular complexity index is 1940. The van der Waals surface area contributed by atoms with Crippen molar-refractivity contribution in [3.8, 4) is 0 Å². The smallest absolute Gasteiger partial charge is 0.352 e. The first-order valence-corrected chi connectivity index (χ1v) is 10.4. The second-order valence-electron chi connectivity index (χ2n) is 8.13. The summed E-state index contributed by atoms with van der Waals surface area (Å²) >= 11 is 0. The summed E-state index contributed by atoms with van der Waals surface area (Å²) in [5.74, 6) is -3.93. The molecule has 35 heavy (non-hydrogen) atoms. The van der Waals surface area contributed by atoms with Crippen molar-refractivity contribution in [2.24, 2.45) is 0 Å². The minimum absolute atomic E-state index is 0.00205. The van der Waals surface area contributed by atoms with Gasteiger partial charge in [-0.15, -0.1) is 0 Å². The number of hydrogen-bond acceptors (Lipinski definition) is 5. The van der Waals surface area contributed by atoms with E-state index in [4.69, 9.17) is 0 Å². The van der Waals surface area contributed by atoms with E-state index in [9.17, 15) is 34.5 Å². The van der Waals surface area contributed by atoms with Crippen LogP contribution >= 0.6 is 0 Å². The third-order valence-corrected chi connectivity index (χ3v) is 6.21. The lowest BCUT2D eigenvalue weighted by Crippen LogP contribution is -2.13. The molecule has 2 aromatic carbocycles. The molecule has 0 bridgehead atoms. The number of hydrogen-bond donors (Lipinski definition) is 5. The van der Waals surface area contributed by atoms with Gasteiger partial charge in [-0.3, -0.25) is 9.20 Å². The summed E-state index contributed by atoms with van der Waals surface area (Å²) in [6.07, 6.45) is 1.92. The van der Waals surface area contributed by atoms with Crippen LogP contribution in [-0.4, -0.2) is 52.6 Å². The van der Waals surface area contributed by atoms with E-state index in [1.54, 1.807) is 6.20 Å². The molecule has 0 atom stereocenters. The fraction of sp³-hybridized carbons (Fsp3) is 0.0417. The molecule has 6 rings (SSSR count). The summed E-state index contributed by atoms with van der Waals surface area (Å²) in [5.41, 5.74) is -0.152. The predicted octanol–water partition coefficient (Wildman–Crippen LogP) is 2.93. The molecule has 0 radical (unpaired) electrons. The van der Waals surface area contributed by atoms with Gasteiger partial charge >= 0.3 is 17.9 Å². The van der Waals surface area contributed by atoms with Gasteiger partial charge in [-0.05, 0) is 23.8 Å². The number of pyridine rings is 1. The Morgan fingerprint density at radius 2 is 1.74 bits per heavy atom. The maximum atomic E-state index is 13.3. The van der Waals surface area contributed by atoms with Gasteiger partial charge < -0.3 is 25.3 Å². The lowest BCUT2D eigenvalue weighted by molar-refractivity contribution is 0.0677. The minimum atomic E-state index is -1.43. The van der Waals surface area contributed by atoms with E-state index in [0.717, 1.165) is 28.6 Å². The van der Waals surface area contributed by atoms with Crippen LogP contribution in [0.2, 0.25) is 0 Å². The summed E-state index contributed by atoms with van der Waals surface area (Å²) < 4.78 is 1.27. The van der Waals surface area contributed by atoms with Crippen molar-refractivity contribution < 1.29 is 29.7 Å². The van der Waals surface area contributed by atoms with Crippen LogP contribution in [0.25, 0.3) is 38.2 Å². The zero-order chi connectivity index (χ0) is 24.6. The molecule has 0 aliphatic carbocycles. The quantitative estimate of drug-likeness (QED) is 0.255. The molecule has 0 aliphatic heterocycles. The van der Waals surface area contributed by atoms with Gasteiger partial charge in [0.1, 0.15) is 22.7 Å². The van der Waals surface area contributed by atoms with E-state index >= 15 is 0 Å². The average Bonchev–Trinajstić information content (AvgIpc) is 3.54. The molecule has 0 spiro atoms. The monoisotopic (exact) mass is 470 g/mol. The predicted molar refractivity (Wildman–Crippen MR) is 124 cm³/mol. The summed E-state index contributed by atoms with van der Waals surface area (Å²) in [6, 6.07) is 9.64. The molecular weight excluding hydrogens is 456 g/mol. The van der Waals surface area contributed by atoms with Crippen LogP contribution in [0, 0.1) is 0 Å². The normalized spacial score (nSPS) is 11.8. The zero-order valence-corrected chi connectivity index (χ0v) is 17.6. The first kappa shape index (κ1) is 20.4. The van der Waals surface area contributed by atoms with Gasteiger partial charge in [-0.25, -0.2) is 19.4 Å². The van der Waals surface area contributed by atoms with Gasteiger partial charge in [0.25, 0.3) is 0 Å². The Hall–Kier alpha value is -5.19. The van der Waals surface area contributed by atoms with Crippen LogP contribution < -0.4 is 5.43 Å². The van der Waals surface area contributed by atoms with E-state index in [1.165, 1.54) is 4.40 Å². The number of carboxylic acid groups (broad SMARTS) is 3. The number of aromatic carboxylic acids is 3. The van der Waals surface area contributed by atoms with Crippen LogP contribution in [0.5, 0.6) is 0 Å². The summed E-state index contributed by atoms with van der Waals surface area (Å²) in [7, 11) is 0. The number of nitrogens with one attached hydrogen (secondary N) is 2. The molecule has 172 valence electrons. The lowest BCUT2D eigenvalue weighted by atomic mass is 10.0. The van der Waals surface area contributed by atoms with Crippen molar-refractivity contribution in [3.63, 3.8) is 0 Å². The average molecular weight is 470 g/mol. The number of carboxylic acids is 3. The summed E-state index contributed by atoms with van der Waals surface area (Å²) in [6.45, 7) is 0. The highest BCUT2D eigenvalue weighted by Gasteiger charge is 2.28. The molecule has 0 aliphatic rings. The van der Waals surface area contributed by atoms with Crippen molar-refractivity contribution in [2.45, 2.75) is 6.42 Å². The number of aromatic amines is 2. The molecule has 0 saturated carbocycles. The topological polar surface area (TPSA) is 178 Å². The van der Waals surface area contributed by atoms with Crippen molar-refractivity contribution in [1.29, 1.82) is 0 Å². The Morgan fingerprint density at radius 3 is 2.46 bits per heavy atom. The zero-order valence-electron chi connectivity index (χ0n) is 17.6. The molecule has 0 saturated heterocycles. The second kappa shape index (κ2) is 6.90. The van der Waals surface area contributed by atoms with Gasteiger partial charge in [-0.1, -0.05) is 18.2 Å². The van der Waals surface area contributed by atoms with Crippen LogP contribution in [0.4, 0.5) is 0 Å². The number of aromatic nitrogens is 4. The molecule has 5 N–H and O–H groups in total. The highest BCUT2D eigenvalue weighted by Crippen LogP contribution is 2.33. The molecule has 4 aromatic heterocycles. The second-order valence-corrected chi connectivity index (χ2v) is 8.13. The van der Waals surface area contributed by atoms with Gasteiger partial charge in [0.15, 0.2) is 0 Å². The first-order valence-electron chi connectivity index (χ1n) is 10.4. The van der Waals surface area contributed by atoms with E-state index in [1.807, 2.05) is 24.3 Å². The fourth-order valence-electron chi connectivity index (χ4n) is 4.74. The van der Waals surface area contributed by atoms with Crippen LogP contribution in [0.3, 0.4) is 0 Å². The summed E-state index contributed by atoms with van der Waals surface area (Å²) in [5, 5.41) is 30.0. The number of H-pyrrole nitrogens is 2. The number of rotatable bonds is 5. The highest BCUT2D eigenvalue weighted by molar-refractivity contribution is 6.20. The maximum Gasteiger partial charge on any atom is 0.352 e. The molecule has 11 nitrogen and oxygen atoms in total. The van der Waals surface area contributed by atoms with Gasteiger partial charge in [-0.2, -0.15) is 0 Å². The minimum Gasteiger partial charge on any atom is -0.478 e. The number of carbonyl (C=O) groups is 3. The van der Waals surface area contributed by atoms with Crippen LogP contribution in [-0.2, 0) is 6.42 Å². The molecular formula is C24H14N4O7. The van der Waals surface area contributed by atoms with E-state index in [-0.39, 0.29) is 56.5 Å². The molecule has 0 fully saturated rings.